The van der Waals surface area contributed by atoms with Crippen LogP contribution < -0.4 is 5.32 Å². The smallest absolute Gasteiger partial charge is 0.269 e. The van der Waals surface area contributed by atoms with Gasteiger partial charge in [0.1, 0.15) is 4.88 Å². The number of carbonyl (C=O) groups is 1. The lowest BCUT2D eigenvalue weighted by molar-refractivity contribution is 0.102. The molecule has 7 heteroatoms. The van der Waals surface area contributed by atoms with Crippen molar-refractivity contribution >= 4 is 23.2 Å². The van der Waals surface area contributed by atoms with Gasteiger partial charge in [-0.25, -0.2) is 4.98 Å². The third kappa shape index (κ3) is 3.84. The maximum atomic E-state index is 12.2. The van der Waals surface area contributed by atoms with Gasteiger partial charge in [-0.15, -0.1) is 16.4 Å². The average Bonchev–Trinajstić information content (AvgIpc) is 2.92. The summed E-state index contributed by atoms with van der Waals surface area (Å²) in [6.07, 6.45) is 0.376. The molecule has 0 aliphatic rings. The molecule has 0 aliphatic heterocycles. The number of hydrogen-bond donors (Lipinski definition) is 2. The van der Waals surface area contributed by atoms with E-state index in [1.54, 1.807) is 25.3 Å². The quantitative estimate of drug-likeness (QED) is 0.840. The van der Waals surface area contributed by atoms with E-state index in [1.165, 1.54) is 11.3 Å². The molecule has 0 radical (unpaired) electrons. The molecule has 0 aliphatic carbocycles. The third-order valence-electron chi connectivity index (χ3n) is 2.65. The normalized spacial score (nSPS) is 9.86. The van der Waals surface area contributed by atoms with Gasteiger partial charge in [-0.2, -0.15) is 5.10 Å². The van der Waals surface area contributed by atoms with Gasteiger partial charge in [0, 0.05) is 12.0 Å². The Hall–Kier alpha value is -2.30. The zero-order valence-electron chi connectivity index (χ0n) is 11.7. The number of amides is 1. The summed E-state index contributed by atoms with van der Waals surface area (Å²) < 4.78 is 0. The molecule has 2 aromatic heterocycles. The Morgan fingerprint density at radius 2 is 2.19 bits per heavy atom. The van der Waals surface area contributed by atoms with E-state index in [9.17, 15) is 4.79 Å². The van der Waals surface area contributed by atoms with Crippen molar-refractivity contribution in [2.24, 2.45) is 0 Å². The van der Waals surface area contributed by atoms with Gasteiger partial charge in [0.25, 0.3) is 5.91 Å². The van der Waals surface area contributed by atoms with E-state index in [1.807, 2.05) is 0 Å². The zero-order chi connectivity index (χ0) is 15.2. The van der Waals surface area contributed by atoms with Crippen molar-refractivity contribution in [3.8, 4) is 11.8 Å². The lowest BCUT2D eigenvalue weighted by Crippen LogP contribution is -2.15. The molecule has 2 rings (SSSR count). The van der Waals surface area contributed by atoms with Crippen LogP contribution in [0, 0.1) is 25.7 Å². The molecule has 2 heterocycles. The van der Waals surface area contributed by atoms with E-state index < -0.39 is 0 Å². The summed E-state index contributed by atoms with van der Waals surface area (Å²) in [5.74, 6) is 5.52. The van der Waals surface area contributed by atoms with Crippen LogP contribution in [0.25, 0.3) is 0 Å². The van der Waals surface area contributed by atoms with Crippen LogP contribution in [0.5, 0.6) is 0 Å². The fourth-order valence-corrected chi connectivity index (χ4v) is 2.21. The molecular formula is C14H14N4O2S. The first-order valence-electron chi connectivity index (χ1n) is 6.28. The Kier molecular flexibility index (Phi) is 4.98. The number of aryl methyl sites for hydroxylation is 2. The van der Waals surface area contributed by atoms with Gasteiger partial charge in [0.05, 0.1) is 18.0 Å². The lowest BCUT2D eigenvalue weighted by Gasteiger charge is -2.03. The highest BCUT2D eigenvalue weighted by Gasteiger charge is 2.14. The van der Waals surface area contributed by atoms with Gasteiger partial charge in [-0.05, 0) is 25.3 Å². The van der Waals surface area contributed by atoms with Crippen molar-refractivity contribution < 1.29 is 9.90 Å². The number of hydrogen-bond acceptors (Lipinski definition) is 6. The molecule has 0 fully saturated rings. The molecule has 108 valence electrons. The van der Waals surface area contributed by atoms with Gasteiger partial charge < -0.3 is 5.11 Å². The molecule has 0 spiro atoms. The monoisotopic (exact) mass is 302 g/mol. The summed E-state index contributed by atoms with van der Waals surface area (Å²) in [5, 5.41) is 20.9. The van der Waals surface area contributed by atoms with Crippen molar-refractivity contribution in [1.29, 1.82) is 0 Å². The Morgan fingerprint density at radius 3 is 2.90 bits per heavy atom. The average molecular weight is 302 g/mol. The van der Waals surface area contributed by atoms with Gasteiger partial charge in [0.2, 0.25) is 5.95 Å². The second kappa shape index (κ2) is 6.92. The molecular weight excluding hydrogens is 288 g/mol. The highest BCUT2D eigenvalue weighted by molar-refractivity contribution is 7.12. The molecule has 1 amide bonds. The fourth-order valence-electron chi connectivity index (χ4n) is 1.47. The van der Waals surface area contributed by atoms with E-state index in [0.29, 0.717) is 16.9 Å². The van der Waals surface area contributed by atoms with Crippen LogP contribution in [0.15, 0.2) is 11.4 Å². The van der Waals surface area contributed by atoms with Crippen molar-refractivity contribution in [2.75, 3.05) is 11.9 Å². The molecule has 0 atom stereocenters. The Bertz CT molecular complexity index is 715. The highest BCUT2D eigenvalue weighted by atomic mass is 32.1. The SMILES string of the molecule is Cc1nnc(NC(=O)c2sccc2C#CCCO)nc1C. The van der Waals surface area contributed by atoms with Gasteiger partial charge in [-0.1, -0.05) is 11.8 Å². The van der Waals surface area contributed by atoms with E-state index in [4.69, 9.17) is 5.11 Å². The second-order valence-corrected chi connectivity index (χ2v) is 5.12. The first kappa shape index (κ1) is 15.1. The largest absolute Gasteiger partial charge is 0.395 e. The first-order chi connectivity index (χ1) is 10.1. The van der Waals surface area contributed by atoms with Crippen molar-refractivity contribution in [2.45, 2.75) is 20.3 Å². The number of rotatable bonds is 3. The Morgan fingerprint density at radius 1 is 1.38 bits per heavy atom. The lowest BCUT2D eigenvalue weighted by atomic mass is 10.2. The van der Waals surface area contributed by atoms with Gasteiger partial charge in [-0.3, -0.25) is 10.1 Å². The van der Waals surface area contributed by atoms with Crippen LogP contribution in [-0.2, 0) is 0 Å². The molecule has 0 saturated heterocycles. The minimum Gasteiger partial charge on any atom is -0.395 e. The molecule has 2 N–H and O–H groups in total. The standard InChI is InChI=1S/C14H14N4O2S/c1-9-10(2)17-18-14(15-9)16-13(20)12-11(6-8-21-12)5-3-4-7-19/h6,8,19H,4,7H2,1-2H3,(H,15,16,18,20). The van der Waals surface area contributed by atoms with Crippen LogP contribution in [0.4, 0.5) is 5.95 Å². The maximum Gasteiger partial charge on any atom is 0.269 e. The van der Waals surface area contributed by atoms with E-state index >= 15 is 0 Å². The van der Waals surface area contributed by atoms with Crippen molar-refractivity contribution in [3.63, 3.8) is 0 Å². The highest BCUT2D eigenvalue weighted by Crippen LogP contribution is 2.17. The Balaban J connectivity index is 2.16. The van der Waals surface area contributed by atoms with E-state index in [2.05, 4.69) is 32.3 Å². The van der Waals surface area contributed by atoms with Crippen LogP contribution >= 0.6 is 11.3 Å². The third-order valence-corrected chi connectivity index (χ3v) is 3.56. The van der Waals surface area contributed by atoms with E-state index in [-0.39, 0.29) is 18.5 Å². The molecule has 0 unspecified atom stereocenters. The summed E-state index contributed by atoms with van der Waals surface area (Å²) in [6, 6.07) is 1.77. The molecule has 0 saturated carbocycles. The summed E-state index contributed by atoms with van der Waals surface area (Å²) in [5.41, 5.74) is 2.07. The molecule has 0 aromatic carbocycles. The summed E-state index contributed by atoms with van der Waals surface area (Å²) in [4.78, 5) is 16.8. The number of aromatic nitrogens is 3. The van der Waals surface area contributed by atoms with Crippen LogP contribution in [-0.4, -0.2) is 32.8 Å². The van der Waals surface area contributed by atoms with E-state index in [0.717, 1.165) is 11.4 Å². The predicted octanol–water partition coefficient (Wildman–Crippen LogP) is 1.54. The summed E-state index contributed by atoms with van der Waals surface area (Å²) in [6.45, 7) is 3.60. The summed E-state index contributed by atoms with van der Waals surface area (Å²) >= 11 is 1.29. The molecule has 0 bridgehead atoms. The number of aliphatic hydroxyl groups is 1. The fraction of sp³-hybridized carbons (Fsp3) is 0.286. The van der Waals surface area contributed by atoms with Crippen LogP contribution in [0.1, 0.15) is 33.0 Å². The van der Waals surface area contributed by atoms with Crippen molar-refractivity contribution in [1.82, 2.24) is 15.2 Å². The predicted molar refractivity (Wildman–Crippen MR) is 80.2 cm³/mol. The second-order valence-electron chi connectivity index (χ2n) is 4.20. The van der Waals surface area contributed by atoms with Gasteiger partial charge >= 0.3 is 0 Å². The van der Waals surface area contributed by atoms with Crippen LogP contribution in [0.2, 0.25) is 0 Å². The van der Waals surface area contributed by atoms with Crippen LogP contribution in [0.3, 0.4) is 0 Å². The molecule has 2 aromatic rings. The minimum atomic E-state index is -0.316. The molecule has 6 nitrogen and oxygen atoms in total. The minimum absolute atomic E-state index is 0.000813. The van der Waals surface area contributed by atoms with Gasteiger partial charge in [0.15, 0.2) is 0 Å². The maximum absolute atomic E-state index is 12.2. The number of nitrogens with one attached hydrogen (secondary N) is 1. The molecule has 21 heavy (non-hydrogen) atoms. The number of thiophene rings is 1. The number of nitrogens with zero attached hydrogens (tertiary/aromatic N) is 3. The topological polar surface area (TPSA) is 88.0 Å². The number of aliphatic hydroxyl groups excluding tert-OH is 1. The number of anilines is 1. The van der Waals surface area contributed by atoms with Crippen molar-refractivity contribution in [3.05, 3.63) is 33.3 Å². The Labute approximate surface area is 126 Å². The number of carbonyl (C=O) groups excluding carboxylic acids is 1. The zero-order valence-corrected chi connectivity index (χ0v) is 12.5. The first-order valence-corrected chi connectivity index (χ1v) is 7.16. The summed E-state index contributed by atoms with van der Waals surface area (Å²) in [7, 11) is 0.